The van der Waals surface area contributed by atoms with Crippen molar-refractivity contribution < 1.29 is 4.79 Å². The van der Waals surface area contributed by atoms with Crippen molar-refractivity contribution in [2.45, 2.75) is 31.1 Å². The van der Waals surface area contributed by atoms with E-state index in [1.54, 1.807) is 0 Å². The van der Waals surface area contributed by atoms with E-state index in [9.17, 15) is 4.79 Å². The summed E-state index contributed by atoms with van der Waals surface area (Å²) in [6, 6.07) is 43.1. The number of rotatable bonds is 7. The Hall–Kier alpha value is -2.78. The van der Waals surface area contributed by atoms with Crippen LogP contribution in [-0.2, 0) is 11.3 Å². The summed E-state index contributed by atoms with van der Waals surface area (Å²) in [5, 5.41) is 0.303. The van der Waals surface area contributed by atoms with E-state index in [-0.39, 0.29) is 11.7 Å². The molecule has 4 aromatic rings. The van der Waals surface area contributed by atoms with Crippen LogP contribution in [0, 0.1) is 0 Å². The van der Waals surface area contributed by atoms with Crippen LogP contribution in [0.25, 0.3) is 0 Å². The van der Waals surface area contributed by atoms with Crippen molar-refractivity contribution in [2.24, 2.45) is 0 Å². The zero-order chi connectivity index (χ0) is 26.0. The molecule has 0 bridgehead atoms. The van der Waals surface area contributed by atoms with E-state index in [0.717, 1.165) is 39.0 Å². The third kappa shape index (κ3) is 4.14. The van der Waals surface area contributed by atoms with E-state index in [1.165, 1.54) is 21.5 Å². The van der Waals surface area contributed by atoms with Crippen LogP contribution in [0.4, 0.5) is 0 Å². The minimum absolute atomic E-state index is 0.156. The second-order valence-electron chi connectivity index (χ2n) is 10.6. The summed E-state index contributed by atoms with van der Waals surface area (Å²) in [5.41, 5.74) is 1.18. The van der Waals surface area contributed by atoms with Crippen LogP contribution in [-0.4, -0.2) is 47.0 Å². The number of hydrogen-bond acceptors (Lipinski definition) is 2. The molecule has 6 rings (SSSR count). The van der Waals surface area contributed by atoms with Gasteiger partial charge in [-0.1, -0.05) is 0 Å². The van der Waals surface area contributed by atoms with Crippen LogP contribution in [0.3, 0.4) is 0 Å². The summed E-state index contributed by atoms with van der Waals surface area (Å²) in [7, 11) is 0. The van der Waals surface area contributed by atoms with Crippen molar-refractivity contribution in [2.75, 3.05) is 19.6 Å². The predicted molar refractivity (Wildman–Crippen MR) is 164 cm³/mol. The summed E-state index contributed by atoms with van der Waals surface area (Å²) in [6.45, 7) is 3.72. The van der Waals surface area contributed by atoms with Crippen LogP contribution in [0.1, 0.15) is 18.4 Å². The molecule has 0 radical (unpaired) electrons. The SMILES string of the molecule is O=C1[C@H](P(Br)(c2ccccc2)(c2ccccc2)c2ccccc2)CCN1C1CCN(Cc2ccccc2)C1. The fraction of sp³-hybridized carbons (Fsp3) is 0.242. The summed E-state index contributed by atoms with van der Waals surface area (Å²) >= 11 is 4.55. The van der Waals surface area contributed by atoms with Gasteiger partial charge in [-0.3, -0.25) is 0 Å². The van der Waals surface area contributed by atoms with Gasteiger partial charge in [-0.05, 0) is 0 Å². The van der Waals surface area contributed by atoms with E-state index >= 15 is 0 Å². The van der Waals surface area contributed by atoms with Gasteiger partial charge >= 0.3 is 235 Å². The van der Waals surface area contributed by atoms with Gasteiger partial charge in [0.2, 0.25) is 0 Å². The molecule has 2 saturated heterocycles. The molecule has 0 saturated carbocycles. The zero-order valence-corrected chi connectivity index (χ0v) is 24.1. The summed E-state index contributed by atoms with van der Waals surface area (Å²) in [5.74, 6) is 0.294. The molecule has 4 aromatic carbocycles. The van der Waals surface area contributed by atoms with E-state index < -0.39 is 5.31 Å². The van der Waals surface area contributed by atoms with E-state index in [2.05, 4.69) is 147 Å². The number of amides is 1. The van der Waals surface area contributed by atoms with Gasteiger partial charge in [-0.15, -0.1) is 0 Å². The monoisotopic (exact) mass is 584 g/mol. The molecule has 2 heterocycles. The van der Waals surface area contributed by atoms with Gasteiger partial charge in [-0.25, -0.2) is 0 Å². The van der Waals surface area contributed by atoms with E-state index in [0.29, 0.717) is 5.91 Å². The Morgan fingerprint density at radius 3 is 1.63 bits per heavy atom. The molecule has 2 aliphatic rings. The van der Waals surface area contributed by atoms with Crippen molar-refractivity contribution in [3.8, 4) is 0 Å². The van der Waals surface area contributed by atoms with Gasteiger partial charge in [0, 0.05) is 0 Å². The van der Waals surface area contributed by atoms with Gasteiger partial charge < -0.3 is 0 Å². The molecule has 1 unspecified atom stereocenters. The summed E-state index contributed by atoms with van der Waals surface area (Å²) in [6.07, 6.45) is 1.88. The second kappa shape index (κ2) is 10.4. The number of hydrogen-bond donors (Lipinski definition) is 0. The maximum atomic E-state index is 14.6. The van der Waals surface area contributed by atoms with Crippen LogP contribution >= 0.6 is 20.8 Å². The fourth-order valence-electron chi connectivity index (χ4n) is 6.70. The standard InChI is InChI=1S/C33H34BrN2OP/c34-38(29-15-7-2-8-16-29,30-17-9-3-10-18-30,31-19-11-4-12-20-31)32-22-24-36(33(32)37)28-21-23-35(26-28)25-27-13-5-1-6-14-27/h1-20,28,32H,21-26H2/t28?,32-/m1/s1. The first-order chi connectivity index (χ1) is 18.6. The molecule has 2 atom stereocenters. The first kappa shape index (κ1) is 25.5. The van der Waals surface area contributed by atoms with Gasteiger partial charge in [0.1, 0.15) is 0 Å². The first-order valence-electron chi connectivity index (χ1n) is 13.6. The fourth-order valence-corrected chi connectivity index (χ4v) is 15.4. The number of carbonyl (C=O) groups excluding carboxylic acids is 1. The van der Waals surface area contributed by atoms with Gasteiger partial charge in [0.15, 0.2) is 0 Å². The van der Waals surface area contributed by atoms with E-state index in [4.69, 9.17) is 0 Å². The molecule has 0 spiro atoms. The maximum absolute atomic E-state index is 14.6. The second-order valence-corrected chi connectivity index (χ2v) is 19.3. The molecule has 2 aliphatic heterocycles. The molecule has 0 N–H and O–H groups in total. The number of carbonyl (C=O) groups is 1. The van der Waals surface area contributed by atoms with Crippen LogP contribution in [0.15, 0.2) is 121 Å². The Balaban J connectivity index is 1.39. The Kier molecular flexibility index (Phi) is 6.99. The summed E-state index contributed by atoms with van der Waals surface area (Å²) in [4.78, 5) is 19.4. The number of halogens is 1. The van der Waals surface area contributed by atoms with Crippen molar-refractivity contribution in [3.05, 3.63) is 127 Å². The van der Waals surface area contributed by atoms with Crippen molar-refractivity contribution >= 4 is 42.6 Å². The zero-order valence-electron chi connectivity index (χ0n) is 21.6. The molecule has 5 heteroatoms. The number of benzene rings is 4. The first-order valence-corrected chi connectivity index (χ1v) is 17.9. The van der Waals surface area contributed by atoms with Gasteiger partial charge in [-0.2, -0.15) is 0 Å². The average Bonchev–Trinajstić information content (AvgIpc) is 3.61. The third-order valence-corrected chi connectivity index (χ3v) is 19.3. The number of likely N-dealkylation sites (tertiary alicyclic amines) is 2. The molecular weight excluding hydrogens is 551 g/mol. The molecule has 194 valence electrons. The Labute approximate surface area is 234 Å². The van der Waals surface area contributed by atoms with Gasteiger partial charge in [0.05, 0.1) is 0 Å². The third-order valence-electron chi connectivity index (χ3n) is 8.52. The van der Waals surface area contributed by atoms with Crippen LogP contribution < -0.4 is 15.9 Å². The molecule has 0 aromatic heterocycles. The predicted octanol–water partition coefficient (Wildman–Crippen LogP) is 5.70. The molecule has 0 aliphatic carbocycles. The topological polar surface area (TPSA) is 23.6 Å². The normalized spacial score (nSPS) is 21.3. The van der Waals surface area contributed by atoms with Crippen molar-refractivity contribution in [1.29, 1.82) is 0 Å². The minimum atomic E-state index is -3.34. The Morgan fingerprint density at radius 2 is 1.13 bits per heavy atom. The average molecular weight is 586 g/mol. The van der Waals surface area contributed by atoms with Crippen molar-refractivity contribution in [3.63, 3.8) is 0 Å². The molecule has 3 nitrogen and oxygen atoms in total. The molecule has 38 heavy (non-hydrogen) atoms. The molecule has 1 amide bonds. The Bertz CT molecular complexity index is 1280. The van der Waals surface area contributed by atoms with Crippen LogP contribution in [0.2, 0.25) is 0 Å². The van der Waals surface area contributed by atoms with Crippen LogP contribution in [0.5, 0.6) is 0 Å². The van der Waals surface area contributed by atoms with Gasteiger partial charge in [0.25, 0.3) is 0 Å². The summed E-state index contributed by atoms with van der Waals surface area (Å²) < 4.78 is 0. The molecular formula is C33H34BrN2OP. The Morgan fingerprint density at radius 1 is 0.658 bits per heavy atom. The van der Waals surface area contributed by atoms with Crippen molar-refractivity contribution in [1.82, 2.24) is 9.80 Å². The van der Waals surface area contributed by atoms with E-state index in [1.807, 2.05) is 0 Å². The quantitative estimate of drug-likeness (QED) is 0.260. The molecule has 2 fully saturated rings. The number of nitrogens with zero attached hydrogens (tertiary/aromatic N) is 2.